The van der Waals surface area contributed by atoms with E-state index in [9.17, 15) is 19.3 Å². The van der Waals surface area contributed by atoms with E-state index in [0.29, 0.717) is 12.5 Å². The number of carbonyl (C=O) groups excluding carboxylic acids is 1. The van der Waals surface area contributed by atoms with E-state index < -0.39 is 22.3 Å². The summed E-state index contributed by atoms with van der Waals surface area (Å²) < 4.78 is 13.7. The Kier molecular flexibility index (Phi) is 4.40. The zero-order chi connectivity index (χ0) is 15.6. The molecule has 1 saturated carbocycles. The summed E-state index contributed by atoms with van der Waals surface area (Å²) in [5.74, 6) is -0.717. The lowest BCUT2D eigenvalue weighted by Crippen LogP contribution is -2.43. The van der Waals surface area contributed by atoms with Crippen molar-refractivity contribution in [1.82, 2.24) is 5.32 Å². The second kappa shape index (κ2) is 6.07. The van der Waals surface area contributed by atoms with Crippen LogP contribution in [0.4, 0.5) is 15.8 Å². The summed E-state index contributed by atoms with van der Waals surface area (Å²) in [6.07, 6.45) is 1.72. The van der Waals surface area contributed by atoms with Gasteiger partial charge in [0, 0.05) is 12.6 Å². The molecular formula is C14H18FN3O3. The van der Waals surface area contributed by atoms with Crippen LogP contribution in [-0.2, 0) is 0 Å². The average Bonchev–Trinajstić information content (AvgIpc) is 2.38. The van der Waals surface area contributed by atoms with Crippen molar-refractivity contribution in [1.29, 1.82) is 0 Å². The van der Waals surface area contributed by atoms with E-state index in [0.717, 1.165) is 18.9 Å². The highest BCUT2D eigenvalue weighted by molar-refractivity contribution is 5.99. The Morgan fingerprint density at radius 2 is 2.14 bits per heavy atom. The summed E-state index contributed by atoms with van der Waals surface area (Å²) >= 11 is 0. The number of rotatable bonds is 5. The monoisotopic (exact) mass is 295 g/mol. The van der Waals surface area contributed by atoms with Gasteiger partial charge in [-0.15, -0.1) is 0 Å². The third-order valence-electron chi connectivity index (χ3n) is 3.60. The van der Waals surface area contributed by atoms with Crippen LogP contribution in [0.15, 0.2) is 12.1 Å². The Morgan fingerprint density at radius 1 is 1.48 bits per heavy atom. The molecule has 1 amide bonds. The molecule has 0 aromatic heterocycles. The van der Waals surface area contributed by atoms with Crippen molar-refractivity contribution in [3.63, 3.8) is 0 Å². The van der Waals surface area contributed by atoms with Crippen LogP contribution in [0.3, 0.4) is 0 Å². The predicted octanol–water partition coefficient (Wildman–Crippen LogP) is 2.69. The topological polar surface area (TPSA) is 84.3 Å². The Hall–Kier alpha value is -2.18. The summed E-state index contributed by atoms with van der Waals surface area (Å²) in [5.41, 5.74) is -0.536. The lowest BCUT2D eigenvalue weighted by Gasteiger charge is -2.33. The van der Waals surface area contributed by atoms with Crippen LogP contribution < -0.4 is 10.6 Å². The van der Waals surface area contributed by atoms with Gasteiger partial charge in [-0.3, -0.25) is 14.9 Å². The molecule has 1 fully saturated rings. The summed E-state index contributed by atoms with van der Waals surface area (Å²) in [7, 11) is 0. The normalized spacial score (nSPS) is 20.5. The van der Waals surface area contributed by atoms with Gasteiger partial charge in [-0.1, -0.05) is 6.92 Å². The van der Waals surface area contributed by atoms with Crippen LogP contribution in [0.25, 0.3) is 0 Å². The molecule has 2 rings (SSSR count). The minimum absolute atomic E-state index is 0.0414. The second-order valence-electron chi connectivity index (χ2n) is 5.38. The molecule has 0 radical (unpaired) electrons. The lowest BCUT2D eigenvalue weighted by atomic mass is 9.82. The molecule has 0 heterocycles. The molecule has 1 aliphatic rings. The van der Waals surface area contributed by atoms with E-state index in [4.69, 9.17) is 0 Å². The molecule has 114 valence electrons. The SMILES string of the molecule is CCNc1cc(C(=O)NC2CC(C)C2)c([N+](=O)[O-])cc1F. The molecule has 0 atom stereocenters. The Labute approximate surface area is 121 Å². The smallest absolute Gasteiger partial charge is 0.285 e. The number of carbonyl (C=O) groups is 1. The van der Waals surface area contributed by atoms with Gasteiger partial charge in [0.15, 0.2) is 5.82 Å². The summed E-state index contributed by atoms with van der Waals surface area (Å²) in [4.78, 5) is 22.5. The molecule has 6 nitrogen and oxygen atoms in total. The van der Waals surface area contributed by atoms with Gasteiger partial charge in [-0.05, 0) is 31.7 Å². The first-order chi connectivity index (χ1) is 9.92. The number of nitro groups is 1. The van der Waals surface area contributed by atoms with Crippen LogP contribution >= 0.6 is 0 Å². The maximum absolute atomic E-state index is 13.7. The first kappa shape index (κ1) is 15.2. The third kappa shape index (κ3) is 3.29. The van der Waals surface area contributed by atoms with Gasteiger partial charge in [0.25, 0.3) is 11.6 Å². The maximum atomic E-state index is 13.7. The van der Waals surface area contributed by atoms with Crippen LogP contribution in [0.1, 0.15) is 37.0 Å². The van der Waals surface area contributed by atoms with Gasteiger partial charge >= 0.3 is 0 Å². The van der Waals surface area contributed by atoms with Crippen molar-refractivity contribution in [3.8, 4) is 0 Å². The molecule has 0 aliphatic heterocycles. The quantitative estimate of drug-likeness (QED) is 0.646. The van der Waals surface area contributed by atoms with Gasteiger partial charge < -0.3 is 10.6 Å². The van der Waals surface area contributed by atoms with Crippen LogP contribution in [-0.4, -0.2) is 23.4 Å². The van der Waals surface area contributed by atoms with Crippen molar-refractivity contribution in [3.05, 3.63) is 33.6 Å². The molecule has 0 unspecified atom stereocenters. The van der Waals surface area contributed by atoms with E-state index >= 15 is 0 Å². The molecule has 1 aromatic carbocycles. The van der Waals surface area contributed by atoms with Crippen LogP contribution in [0, 0.1) is 21.8 Å². The minimum Gasteiger partial charge on any atom is -0.383 e. The molecule has 0 bridgehead atoms. The maximum Gasteiger partial charge on any atom is 0.285 e. The van der Waals surface area contributed by atoms with Gasteiger partial charge in [-0.25, -0.2) is 4.39 Å². The molecule has 7 heteroatoms. The van der Waals surface area contributed by atoms with E-state index in [2.05, 4.69) is 17.6 Å². The number of nitrogens with one attached hydrogen (secondary N) is 2. The van der Waals surface area contributed by atoms with Crippen LogP contribution in [0.5, 0.6) is 0 Å². The molecular weight excluding hydrogens is 277 g/mol. The van der Waals surface area contributed by atoms with Gasteiger partial charge in [0.2, 0.25) is 0 Å². The first-order valence-electron chi connectivity index (χ1n) is 6.95. The number of nitro benzene ring substituents is 1. The minimum atomic E-state index is -0.739. The molecule has 2 N–H and O–H groups in total. The van der Waals surface area contributed by atoms with Gasteiger partial charge in [0.05, 0.1) is 16.7 Å². The van der Waals surface area contributed by atoms with E-state index in [1.165, 1.54) is 6.07 Å². The Balaban J connectivity index is 2.28. The van der Waals surface area contributed by atoms with Gasteiger partial charge in [0.1, 0.15) is 5.56 Å². The van der Waals surface area contributed by atoms with Crippen molar-refractivity contribution < 1.29 is 14.1 Å². The average molecular weight is 295 g/mol. The number of benzene rings is 1. The number of nitrogens with zero attached hydrogens (tertiary/aromatic N) is 1. The largest absolute Gasteiger partial charge is 0.383 e. The zero-order valence-corrected chi connectivity index (χ0v) is 12.0. The fraction of sp³-hybridized carbons (Fsp3) is 0.500. The van der Waals surface area contributed by atoms with Crippen molar-refractivity contribution in [2.45, 2.75) is 32.7 Å². The number of halogens is 1. The van der Waals surface area contributed by atoms with Gasteiger partial charge in [-0.2, -0.15) is 0 Å². The highest BCUT2D eigenvalue weighted by atomic mass is 19.1. The summed E-state index contributed by atoms with van der Waals surface area (Å²) in [5, 5.41) is 16.5. The van der Waals surface area contributed by atoms with Crippen molar-refractivity contribution >= 4 is 17.3 Å². The molecule has 21 heavy (non-hydrogen) atoms. The highest BCUT2D eigenvalue weighted by Gasteiger charge is 2.30. The number of anilines is 1. The zero-order valence-electron chi connectivity index (χ0n) is 12.0. The Bertz CT molecular complexity index is 571. The molecule has 0 saturated heterocycles. The molecule has 1 aliphatic carbocycles. The fourth-order valence-corrected chi connectivity index (χ4v) is 2.50. The molecule has 1 aromatic rings. The summed E-state index contributed by atoms with van der Waals surface area (Å²) in [6, 6.07) is 2.03. The van der Waals surface area contributed by atoms with Crippen molar-refractivity contribution in [2.75, 3.05) is 11.9 Å². The second-order valence-corrected chi connectivity index (χ2v) is 5.38. The number of hydrogen-bond acceptors (Lipinski definition) is 4. The van der Waals surface area contributed by atoms with Crippen molar-refractivity contribution in [2.24, 2.45) is 5.92 Å². The van der Waals surface area contributed by atoms with E-state index in [-0.39, 0.29) is 17.3 Å². The molecule has 0 spiro atoms. The van der Waals surface area contributed by atoms with E-state index in [1.54, 1.807) is 6.92 Å². The predicted molar refractivity (Wildman–Crippen MR) is 76.9 cm³/mol. The summed E-state index contributed by atoms with van der Waals surface area (Å²) in [6.45, 7) is 4.30. The Morgan fingerprint density at radius 3 is 2.67 bits per heavy atom. The highest BCUT2D eigenvalue weighted by Crippen LogP contribution is 2.29. The van der Waals surface area contributed by atoms with E-state index in [1.807, 2.05) is 0 Å². The van der Waals surface area contributed by atoms with Crippen LogP contribution in [0.2, 0.25) is 0 Å². The lowest BCUT2D eigenvalue weighted by molar-refractivity contribution is -0.385. The fourth-order valence-electron chi connectivity index (χ4n) is 2.50. The first-order valence-corrected chi connectivity index (χ1v) is 6.95. The third-order valence-corrected chi connectivity index (χ3v) is 3.60. The standard InChI is InChI=1S/C14H18FN3O3/c1-3-16-12-6-10(13(18(20)21)7-11(12)15)14(19)17-9-4-8(2)5-9/h6-9,16H,3-5H2,1-2H3,(H,17,19). The number of amides is 1. The number of hydrogen-bond donors (Lipinski definition) is 2.